The van der Waals surface area contributed by atoms with Gasteiger partial charge in [-0.05, 0) is 29.6 Å². The van der Waals surface area contributed by atoms with Gasteiger partial charge < -0.3 is 4.90 Å². The van der Waals surface area contributed by atoms with Crippen molar-refractivity contribution in [3.63, 3.8) is 0 Å². The maximum absolute atomic E-state index is 4.23. The van der Waals surface area contributed by atoms with Crippen LogP contribution in [0.5, 0.6) is 0 Å². The fourth-order valence-corrected chi connectivity index (χ4v) is 2.71. The second kappa shape index (κ2) is 2.77. The first-order valence-electron chi connectivity index (χ1n) is 5.73. The SMILES string of the molecule is C=C(CC(C)(C)C)N1CC2CC2(C)C1. The highest BCUT2D eigenvalue weighted by Gasteiger charge is 2.56. The van der Waals surface area contributed by atoms with E-state index in [4.69, 9.17) is 0 Å². The Morgan fingerprint density at radius 2 is 2.14 bits per heavy atom. The van der Waals surface area contributed by atoms with Crippen molar-refractivity contribution in [1.29, 1.82) is 0 Å². The van der Waals surface area contributed by atoms with E-state index in [1.165, 1.54) is 25.2 Å². The molecule has 1 heterocycles. The summed E-state index contributed by atoms with van der Waals surface area (Å²) in [5, 5.41) is 0. The van der Waals surface area contributed by atoms with Gasteiger partial charge in [0.25, 0.3) is 0 Å². The molecule has 14 heavy (non-hydrogen) atoms. The van der Waals surface area contributed by atoms with E-state index in [1.807, 2.05) is 0 Å². The van der Waals surface area contributed by atoms with Crippen molar-refractivity contribution in [3.8, 4) is 0 Å². The lowest BCUT2D eigenvalue weighted by Gasteiger charge is -2.29. The first-order valence-corrected chi connectivity index (χ1v) is 5.73. The molecule has 1 saturated heterocycles. The van der Waals surface area contributed by atoms with Gasteiger partial charge in [-0.1, -0.05) is 34.3 Å². The maximum atomic E-state index is 4.23. The van der Waals surface area contributed by atoms with Gasteiger partial charge in [0.1, 0.15) is 0 Å². The normalized spacial score (nSPS) is 35.7. The minimum Gasteiger partial charge on any atom is -0.374 e. The predicted octanol–water partition coefficient (Wildman–Crippen LogP) is 3.28. The third-order valence-corrected chi connectivity index (χ3v) is 3.71. The molecule has 0 bridgehead atoms. The van der Waals surface area contributed by atoms with Gasteiger partial charge in [0.15, 0.2) is 0 Å². The summed E-state index contributed by atoms with van der Waals surface area (Å²) in [5.74, 6) is 0.971. The molecule has 0 amide bonds. The third kappa shape index (κ3) is 1.82. The molecule has 2 unspecified atom stereocenters. The van der Waals surface area contributed by atoms with E-state index in [-0.39, 0.29) is 0 Å². The lowest BCUT2D eigenvalue weighted by Crippen LogP contribution is -2.25. The Labute approximate surface area is 88.2 Å². The Kier molecular flexibility index (Phi) is 1.99. The zero-order valence-electron chi connectivity index (χ0n) is 10.1. The number of allylic oxidation sites excluding steroid dienone is 1. The van der Waals surface area contributed by atoms with Crippen LogP contribution in [0, 0.1) is 16.7 Å². The minimum atomic E-state index is 0.380. The molecule has 2 atom stereocenters. The summed E-state index contributed by atoms with van der Waals surface area (Å²) in [6, 6.07) is 0. The van der Waals surface area contributed by atoms with Gasteiger partial charge in [-0.3, -0.25) is 0 Å². The molecule has 2 aliphatic rings. The average Bonchev–Trinajstić information content (AvgIpc) is 2.47. The average molecular weight is 193 g/mol. The molecule has 0 aromatic rings. The van der Waals surface area contributed by atoms with E-state index in [9.17, 15) is 0 Å². The zero-order chi connectivity index (χ0) is 10.6. The molecular formula is C13H23N. The predicted molar refractivity (Wildman–Crippen MR) is 61.0 cm³/mol. The van der Waals surface area contributed by atoms with Crippen LogP contribution in [0.3, 0.4) is 0 Å². The topological polar surface area (TPSA) is 3.24 Å². The highest BCUT2D eigenvalue weighted by Crippen LogP contribution is 2.58. The molecule has 0 spiro atoms. The number of piperidine rings is 1. The molecule has 1 saturated carbocycles. The van der Waals surface area contributed by atoms with E-state index in [0.717, 1.165) is 12.3 Å². The summed E-state index contributed by atoms with van der Waals surface area (Å²) in [7, 11) is 0. The highest BCUT2D eigenvalue weighted by atomic mass is 15.2. The Bertz CT molecular complexity index is 261. The van der Waals surface area contributed by atoms with Gasteiger partial charge in [0, 0.05) is 18.8 Å². The maximum Gasteiger partial charge on any atom is 0.0232 e. The molecular weight excluding hydrogens is 170 g/mol. The molecule has 80 valence electrons. The van der Waals surface area contributed by atoms with Gasteiger partial charge in [-0.2, -0.15) is 0 Å². The lowest BCUT2D eigenvalue weighted by molar-refractivity contribution is 0.298. The quantitative estimate of drug-likeness (QED) is 0.650. The Balaban J connectivity index is 1.89. The molecule has 0 aromatic carbocycles. The Morgan fingerprint density at radius 1 is 1.50 bits per heavy atom. The van der Waals surface area contributed by atoms with E-state index in [2.05, 4.69) is 39.2 Å². The number of likely N-dealkylation sites (tertiary alicyclic amines) is 1. The number of hydrogen-bond donors (Lipinski definition) is 0. The van der Waals surface area contributed by atoms with Crippen molar-refractivity contribution < 1.29 is 0 Å². The van der Waals surface area contributed by atoms with Crippen molar-refractivity contribution in [2.24, 2.45) is 16.7 Å². The number of hydrogen-bond acceptors (Lipinski definition) is 1. The molecule has 0 aromatic heterocycles. The molecule has 1 nitrogen and oxygen atoms in total. The summed E-state index contributed by atoms with van der Waals surface area (Å²) >= 11 is 0. The van der Waals surface area contributed by atoms with Crippen LogP contribution >= 0.6 is 0 Å². The number of fused-ring (bicyclic) bond motifs is 1. The number of rotatable bonds is 2. The summed E-state index contributed by atoms with van der Waals surface area (Å²) in [6.07, 6.45) is 2.59. The fourth-order valence-electron chi connectivity index (χ4n) is 2.71. The standard InChI is InChI=1S/C13H23N/c1-10(6-12(2,3)4)14-8-11-7-13(11,5)9-14/h11H,1,6-9H2,2-5H3. The fraction of sp³-hybridized carbons (Fsp3) is 0.846. The molecule has 1 heteroatoms. The largest absolute Gasteiger partial charge is 0.374 e. The minimum absolute atomic E-state index is 0.380. The Hall–Kier alpha value is -0.460. The van der Waals surface area contributed by atoms with Gasteiger partial charge in [0.2, 0.25) is 0 Å². The van der Waals surface area contributed by atoms with Gasteiger partial charge >= 0.3 is 0 Å². The Morgan fingerprint density at radius 3 is 2.57 bits per heavy atom. The van der Waals surface area contributed by atoms with Crippen LogP contribution in [0.2, 0.25) is 0 Å². The van der Waals surface area contributed by atoms with Crippen molar-refractivity contribution in [2.75, 3.05) is 13.1 Å². The van der Waals surface area contributed by atoms with E-state index < -0.39 is 0 Å². The second-order valence-electron chi connectivity index (χ2n) is 6.74. The van der Waals surface area contributed by atoms with Crippen LogP contribution in [0.15, 0.2) is 12.3 Å². The molecule has 2 rings (SSSR count). The van der Waals surface area contributed by atoms with Gasteiger partial charge in [-0.25, -0.2) is 0 Å². The molecule has 2 fully saturated rings. The smallest absolute Gasteiger partial charge is 0.0232 e. The summed E-state index contributed by atoms with van der Waals surface area (Å²) in [5.41, 5.74) is 2.39. The van der Waals surface area contributed by atoms with Crippen LogP contribution in [0.25, 0.3) is 0 Å². The number of nitrogens with zero attached hydrogens (tertiary/aromatic N) is 1. The summed E-state index contributed by atoms with van der Waals surface area (Å²) in [4.78, 5) is 2.51. The van der Waals surface area contributed by atoms with Crippen molar-refractivity contribution in [3.05, 3.63) is 12.3 Å². The summed E-state index contributed by atoms with van der Waals surface area (Å²) < 4.78 is 0. The van der Waals surface area contributed by atoms with E-state index >= 15 is 0 Å². The molecule has 0 radical (unpaired) electrons. The zero-order valence-corrected chi connectivity index (χ0v) is 10.1. The van der Waals surface area contributed by atoms with E-state index in [0.29, 0.717) is 10.8 Å². The third-order valence-electron chi connectivity index (χ3n) is 3.71. The van der Waals surface area contributed by atoms with Crippen molar-refractivity contribution in [1.82, 2.24) is 4.90 Å². The van der Waals surface area contributed by atoms with Crippen LogP contribution < -0.4 is 0 Å². The first kappa shape index (κ1) is 10.1. The molecule has 1 aliphatic heterocycles. The second-order valence-corrected chi connectivity index (χ2v) is 6.74. The van der Waals surface area contributed by atoms with Gasteiger partial charge in [0.05, 0.1) is 0 Å². The monoisotopic (exact) mass is 193 g/mol. The highest BCUT2D eigenvalue weighted by molar-refractivity contribution is 5.13. The first-order chi connectivity index (χ1) is 6.30. The lowest BCUT2D eigenvalue weighted by atomic mass is 9.90. The van der Waals surface area contributed by atoms with Gasteiger partial charge in [-0.15, -0.1) is 0 Å². The summed E-state index contributed by atoms with van der Waals surface area (Å²) in [6.45, 7) is 16.0. The van der Waals surface area contributed by atoms with Crippen LogP contribution in [0.4, 0.5) is 0 Å². The van der Waals surface area contributed by atoms with Crippen molar-refractivity contribution in [2.45, 2.75) is 40.5 Å². The van der Waals surface area contributed by atoms with Crippen LogP contribution in [-0.2, 0) is 0 Å². The van der Waals surface area contributed by atoms with Crippen molar-refractivity contribution >= 4 is 0 Å². The molecule has 1 aliphatic carbocycles. The molecule has 0 N–H and O–H groups in total. The van der Waals surface area contributed by atoms with Crippen LogP contribution in [0.1, 0.15) is 40.5 Å². The van der Waals surface area contributed by atoms with Crippen LogP contribution in [-0.4, -0.2) is 18.0 Å². The van der Waals surface area contributed by atoms with E-state index in [1.54, 1.807) is 0 Å².